The fourth-order valence-corrected chi connectivity index (χ4v) is 7.40. The molecule has 4 atom stereocenters. The largest absolute Gasteiger partial charge is 0.495 e. The second kappa shape index (κ2) is 10.2. The number of halogens is 3. The molecule has 0 bridgehead atoms. The summed E-state index contributed by atoms with van der Waals surface area (Å²) in [5, 5.41) is 12.4. The molecular formula is C31H29Cl2FN4O5. The average molecular weight is 628 g/mol. The Kier molecular flexibility index (Phi) is 6.95. The molecule has 0 unspecified atom stereocenters. The molecule has 12 heteroatoms. The number of amides is 2. The highest BCUT2D eigenvalue weighted by Gasteiger charge is 2.71. The van der Waals surface area contributed by atoms with Crippen LogP contribution >= 0.6 is 23.2 Å². The molecule has 6 rings (SSSR count). The lowest BCUT2D eigenvalue weighted by Gasteiger charge is -2.40. The number of fused-ring (bicyclic) bond motifs is 3. The molecule has 0 radical (unpaired) electrons. The van der Waals surface area contributed by atoms with E-state index in [4.69, 9.17) is 27.9 Å². The van der Waals surface area contributed by atoms with Crippen LogP contribution in [0.3, 0.4) is 0 Å². The Morgan fingerprint density at radius 1 is 1.19 bits per heavy atom. The van der Waals surface area contributed by atoms with E-state index in [0.29, 0.717) is 17.7 Å². The molecule has 3 aromatic rings. The fraction of sp³-hybridized carbons (Fsp3) is 0.355. The van der Waals surface area contributed by atoms with Crippen LogP contribution < -0.4 is 15.0 Å². The topological polar surface area (TPSA) is 112 Å². The van der Waals surface area contributed by atoms with E-state index in [-0.39, 0.29) is 50.9 Å². The summed E-state index contributed by atoms with van der Waals surface area (Å²) in [6.07, 6.45) is 0.466. The van der Waals surface area contributed by atoms with Crippen molar-refractivity contribution in [1.29, 1.82) is 0 Å². The Labute approximate surface area is 257 Å². The van der Waals surface area contributed by atoms with Crippen LogP contribution in [-0.4, -0.2) is 58.6 Å². The molecule has 2 aromatic carbocycles. The van der Waals surface area contributed by atoms with E-state index in [9.17, 15) is 19.5 Å². The number of pyridine rings is 1. The number of aromatic carboxylic acids is 1. The highest BCUT2D eigenvalue weighted by atomic mass is 35.5. The number of hydrogen-bond acceptors (Lipinski definition) is 6. The van der Waals surface area contributed by atoms with E-state index in [1.54, 1.807) is 24.3 Å². The van der Waals surface area contributed by atoms with Gasteiger partial charge in [0.1, 0.15) is 28.0 Å². The third-order valence-corrected chi connectivity index (χ3v) is 9.17. The molecule has 4 heterocycles. The number of nitrogens with one attached hydrogen (secondary N) is 1. The number of aromatic nitrogens is 1. The number of ether oxygens (including phenoxy) is 1. The minimum atomic E-state index is -1.41. The smallest absolute Gasteiger partial charge is 0.335 e. The molecule has 224 valence electrons. The Balaban J connectivity index is 1.60. The Morgan fingerprint density at radius 2 is 1.93 bits per heavy atom. The van der Waals surface area contributed by atoms with E-state index in [1.807, 2.05) is 25.7 Å². The molecule has 3 aliphatic heterocycles. The molecule has 2 amide bonds. The van der Waals surface area contributed by atoms with Gasteiger partial charge in [-0.3, -0.25) is 19.4 Å². The molecule has 2 fully saturated rings. The quantitative estimate of drug-likeness (QED) is 0.349. The molecule has 0 aliphatic carbocycles. The molecule has 1 aromatic heterocycles. The van der Waals surface area contributed by atoms with Gasteiger partial charge < -0.3 is 15.2 Å². The first-order chi connectivity index (χ1) is 20.3. The van der Waals surface area contributed by atoms with E-state index in [2.05, 4.69) is 10.3 Å². The van der Waals surface area contributed by atoms with Crippen LogP contribution in [0.1, 0.15) is 54.6 Å². The van der Waals surface area contributed by atoms with Crippen LogP contribution in [0.4, 0.5) is 15.9 Å². The van der Waals surface area contributed by atoms with Crippen LogP contribution in [0.5, 0.6) is 5.75 Å². The minimum absolute atomic E-state index is 0.00146. The normalized spacial score (nSPS) is 24.8. The molecule has 3 aliphatic rings. The number of nitrogens with zero attached hydrogens (tertiary/aromatic N) is 3. The Hall–Kier alpha value is -3.73. The highest BCUT2D eigenvalue weighted by Crippen LogP contribution is 2.61. The van der Waals surface area contributed by atoms with Crippen LogP contribution in [0, 0.1) is 11.2 Å². The maximum atomic E-state index is 16.0. The van der Waals surface area contributed by atoms with Gasteiger partial charge in [0.05, 0.1) is 36.1 Å². The lowest BCUT2D eigenvalue weighted by molar-refractivity contribution is -0.122. The van der Waals surface area contributed by atoms with Crippen molar-refractivity contribution >= 4 is 52.5 Å². The van der Waals surface area contributed by atoms with Crippen molar-refractivity contribution in [3.8, 4) is 5.75 Å². The zero-order chi connectivity index (χ0) is 31.0. The highest BCUT2D eigenvalue weighted by molar-refractivity contribution is 6.31. The minimum Gasteiger partial charge on any atom is -0.495 e. The van der Waals surface area contributed by atoms with Crippen LogP contribution in [0.15, 0.2) is 48.5 Å². The summed E-state index contributed by atoms with van der Waals surface area (Å²) in [5.74, 6) is -3.14. The van der Waals surface area contributed by atoms with Crippen LogP contribution in [-0.2, 0) is 15.0 Å². The Morgan fingerprint density at radius 3 is 2.60 bits per heavy atom. The van der Waals surface area contributed by atoms with Crippen molar-refractivity contribution < 1.29 is 28.6 Å². The summed E-state index contributed by atoms with van der Waals surface area (Å²) in [6.45, 7) is 6.18. The van der Waals surface area contributed by atoms with Crippen molar-refractivity contribution in [1.82, 2.24) is 9.88 Å². The summed E-state index contributed by atoms with van der Waals surface area (Å²) in [5.41, 5.74) is -0.676. The van der Waals surface area contributed by atoms with Gasteiger partial charge in [-0.15, -0.1) is 0 Å². The average Bonchev–Trinajstić information content (AvgIpc) is 3.52. The van der Waals surface area contributed by atoms with Crippen molar-refractivity contribution in [2.75, 3.05) is 24.0 Å². The fourth-order valence-electron chi connectivity index (χ4n) is 7.07. The third-order valence-electron chi connectivity index (χ3n) is 8.67. The van der Waals surface area contributed by atoms with Crippen molar-refractivity contribution in [2.24, 2.45) is 5.41 Å². The number of carboxylic acid groups (broad SMARTS) is 1. The number of hydrogen-bond donors (Lipinski definition) is 2. The molecule has 1 spiro atoms. The first-order valence-corrected chi connectivity index (χ1v) is 14.5. The van der Waals surface area contributed by atoms with E-state index in [0.717, 1.165) is 0 Å². The molecule has 2 saturated heterocycles. The second-order valence-corrected chi connectivity index (χ2v) is 13.1. The first kappa shape index (κ1) is 29.3. The number of rotatable bonds is 5. The predicted molar refractivity (Wildman–Crippen MR) is 159 cm³/mol. The monoisotopic (exact) mass is 626 g/mol. The molecular weight excluding hydrogens is 598 g/mol. The lowest BCUT2D eigenvalue weighted by Crippen LogP contribution is -2.52. The van der Waals surface area contributed by atoms with Crippen molar-refractivity contribution in [3.05, 3.63) is 81.2 Å². The van der Waals surface area contributed by atoms with E-state index >= 15 is 4.39 Å². The van der Waals surface area contributed by atoms with E-state index in [1.165, 1.54) is 36.3 Å². The number of anilines is 2. The number of carbonyl (C=O) groups is 3. The number of carbonyl (C=O) groups excluding carboxylic acids is 2. The lowest BCUT2D eigenvalue weighted by atomic mass is 9.62. The van der Waals surface area contributed by atoms with Crippen LogP contribution in [0.2, 0.25) is 10.2 Å². The van der Waals surface area contributed by atoms with Gasteiger partial charge >= 0.3 is 5.97 Å². The zero-order valence-corrected chi connectivity index (χ0v) is 25.3. The van der Waals surface area contributed by atoms with Gasteiger partial charge in [0, 0.05) is 17.5 Å². The molecule has 43 heavy (non-hydrogen) atoms. The summed E-state index contributed by atoms with van der Waals surface area (Å²) in [6, 6.07) is 10.6. The van der Waals surface area contributed by atoms with Crippen molar-refractivity contribution in [2.45, 2.75) is 50.6 Å². The van der Waals surface area contributed by atoms with Gasteiger partial charge in [-0.1, -0.05) is 62.2 Å². The predicted octanol–water partition coefficient (Wildman–Crippen LogP) is 5.70. The third kappa shape index (κ3) is 4.38. The first-order valence-electron chi connectivity index (χ1n) is 13.7. The maximum absolute atomic E-state index is 16.0. The standard InChI is InChI=1S/C31H29Cl2FN4O5/c1-30(2,3)13-21-31(17-9-11-22(33)35-26(17)36-29(31)42)23(16-6-5-7-18(32)24(16)34)25-27(39)37(14-38(21)25)19-10-8-15(28(40)41)12-20(19)43-4/h5-12,21,23,25H,13-14H2,1-4H3,(H,40,41)(H,35,36,42)/t21-,23-,25+,31+/m0/s1. The number of methoxy groups -OCH3 is 1. The number of carboxylic acids is 1. The van der Waals surface area contributed by atoms with E-state index < -0.39 is 41.1 Å². The molecule has 2 N–H and O–H groups in total. The summed E-state index contributed by atoms with van der Waals surface area (Å²) in [7, 11) is 1.39. The zero-order valence-electron chi connectivity index (χ0n) is 23.8. The van der Waals surface area contributed by atoms with Gasteiger partial charge in [0.2, 0.25) is 11.8 Å². The summed E-state index contributed by atoms with van der Waals surface area (Å²) in [4.78, 5) is 48.4. The maximum Gasteiger partial charge on any atom is 0.335 e. The summed E-state index contributed by atoms with van der Waals surface area (Å²) < 4.78 is 21.5. The van der Waals surface area contributed by atoms with Crippen LogP contribution in [0.25, 0.3) is 0 Å². The number of benzene rings is 2. The Bertz CT molecular complexity index is 1700. The molecule has 0 saturated carbocycles. The summed E-state index contributed by atoms with van der Waals surface area (Å²) >= 11 is 12.5. The van der Waals surface area contributed by atoms with Gasteiger partial charge in [0.25, 0.3) is 0 Å². The molecule has 9 nitrogen and oxygen atoms in total. The van der Waals surface area contributed by atoms with Gasteiger partial charge in [0.15, 0.2) is 0 Å². The van der Waals surface area contributed by atoms with Crippen molar-refractivity contribution in [3.63, 3.8) is 0 Å². The van der Waals surface area contributed by atoms with Gasteiger partial charge in [-0.2, -0.15) is 0 Å². The van der Waals surface area contributed by atoms with Gasteiger partial charge in [-0.25, -0.2) is 14.2 Å². The second-order valence-electron chi connectivity index (χ2n) is 12.3. The SMILES string of the molecule is COc1cc(C(=O)O)ccc1N1CN2[C@@H](CC(C)(C)C)[C@@]3(C(=O)Nc4nc(Cl)ccc43)[C@@H](c3cccc(Cl)c3F)[C@@H]2C1=O. The van der Waals surface area contributed by atoms with Gasteiger partial charge in [-0.05, 0) is 47.7 Å².